The minimum atomic E-state index is -0.844. The van der Waals surface area contributed by atoms with Gasteiger partial charge in [-0.25, -0.2) is 4.98 Å². The molecule has 21 heavy (non-hydrogen) atoms. The van der Waals surface area contributed by atoms with Crippen molar-refractivity contribution in [2.24, 2.45) is 0 Å². The van der Waals surface area contributed by atoms with Gasteiger partial charge in [-0.15, -0.1) is 0 Å². The van der Waals surface area contributed by atoms with Crippen LogP contribution in [0.3, 0.4) is 0 Å². The molecule has 0 spiro atoms. The molecular formula is C17H19NO3. The fourth-order valence-corrected chi connectivity index (χ4v) is 1.86. The van der Waals surface area contributed by atoms with Crippen LogP contribution in [0.5, 0.6) is 11.6 Å². The summed E-state index contributed by atoms with van der Waals surface area (Å²) >= 11 is 0. The fraction of sp³-hybridized carbons (Fsp3) is 0.294. The minimum absolute atomic E-state index is 0.0127. The second-order valence-corrected chi connectivity index (χ2v) is 5.95. The number of ether oxygens (including phenoxy) is 1. The molecule has 0 amide bonds. The summed E-state index contributed by atoms with van der Waals surface area (Å²) in [5.74, 6) is 0.317. The molecule has 0 radical (unpaired) electrons. The van der Waals surface area contributed by atoms with Gasteiger partial charge in [0, 0.05) is 12.3 Å². The van der Waals surface area contributed by atoms with E-state index in [0.717, 1.165) is 11.1 Å². The molecule has 4 heteroatoms. The number of aromatic nitrogens is 1. The normalized spacial score (nSPS) is 11.2. The van der Waals surface area contributed by atoms with Crippen molar-refractivity contribution in [3.05, 3.63) is 53.7 Å². The number of hydrogen-bond acceptors (Lipinski definition) is 3. The molecule has 2 rings (SSSR count). The summed E-state index contributed by atoms with van der Waals surface area (Å²) in [5.41, 5.74) is 1.95. The summed E-state index contributed by atoms with van der Waals surface area (Å²) < 4.78 is 5.65. The number of hydrogen-bond donors (Lipinski definition) is 1. The summed E-state index contributed by atoms with van der Waals surface area (Å²) in [4.78, 5) is 14.9. The van der Waals surface area contributed by atoms with Gasteiger partial charge >= 0.3 is 5.97 Å². The van der Waals surface area contributed by atoms with Crippen LogP contribution < -0.4 is 4.74 Å². The van der Waals surface area contributed by atoms with Gasteiger partial charge in [-0.2, -0.15) is 0 Å². The zero-order chi connectivity index (χ0) is 15.5. The van der Waals surface area contributed by atoms with Crippen molar-refractivity contribution in [2.45, 2.75) is 32.6 Å². The van der Waals surface area contributed by atoms with Crippen LogP contribution in [0.2, 0.25) is 0 Å². The molecule has 0 aliphatic rings. The molecule has 0 saturated carbocycles. The molecule has 0 bridgehead atoms. The first-order valence-corrected chi connectivity index (χ1v) is 6.80. The van der Waals surface area contributed by atoms with Gasteiger partial charge in [-0.05, 0) is 28.7 Å². The Morgan fingerprint density at radius 3 is 2.29 bits per heavy atom. The number of carboxylic acid groups (broad SMARTS) is 1. The molecule has 0 aliphatic heterocycles. The lowest BCUT2D eigenvalue weighted by atomic mass is 9.88. The van der Waals surface area contributed by atoms with Gasteiger partial charge in [0.25, 0.3) is 0 Å². The van der Waals surface area contributed by atoms with E-state index in [9.17, 15) is 4.79 Å². The number of pyridine rings is 1. The standard InChI is InChI=1S/C17H19NO3/c1-17(2,3)13-6-9-15(18-11-13)21-14-7-4-12(5-8-14)10-16(19)20/h4-9,11H,10H2,1-3H3,(H,19,20). The minimum Gasteiger partial charge on any atom is -0.481 e. The third-order valence-electron chi connectivity index (χ3n) is 3.10. The van der Waals surface area contributed by atoms with Crippen molar-refractivity contribution in [1.29, 1.82) is 0 Å². The maximum atomic E-state index is 10.6. The van der Waals surface area contributed by atoms with E-state index < -0.39 is 5.97 Å². The summed E-state index contributed by atoms with van der Waals surface area (Å²) in [6.07, 6.45) is 1.83. The first kappa shape index (κ1) is 15.0. The number of carbonyl (C=O) groups is 1. The number of benzene rings is 1. The molecule has 4 nitrogen and oxygen atoms in total. The lowest BCUT2D eigenvalue weighted by Crippen LogP contribution is -2.11. The predicted molar refractivity (Wildman–Crippen MR) is 80.8 cm³/mol. The topological polar surface area (TPSA) is 59.4 Å². The third kappa shape index (κ3) is 4.31. The monoisotopic (exact) mass is 285 g/mol. The second-order valence-electron chi connectivity index (χ2n) is 5.95. The maximum absolute atomic E-state index is 10.6. The van der Waals surface area contributed by atoms with Gasteiger partial charge in [0.15, 0.2) is 0 Å². The predicted octanol–water partition coefficient (Wildman–Crippen LogP) is 3.80. The molecule has 1 aromatic heterocycles. The van der Waals surface area contributed by atoms with E-state index in [1.807, 2.05) is 18.3 Å². The molecule has 0 aliphatic carbocycles. The van der Waals surface area contributed by atoms with Crippen LogP contribution >= 0.6 is 0 Å². The Kier molecular flexibility index (Phi) is 4.26. The van der Waals surface area contributed by atoms with Crippen molar-refractivity contribution in [1.82, 2.24) is 4.98 Å². The van der Waals surface area contributed by atoms with Crippen molar-refractivity contribution in [3.63, 3.8) is 0 Å². The zero-order valence-electron chi connectivity index (χ0n) is 12.5. The van der Waals surface area contributed by atoms with Crippen LogP contribution in [-0.2, 0) is 16.6 Å². The van der Waals surface area contributed by atoms with Gasteiger partial charge < -0.3 is 9.84 Å². The summed E-state index contributed by atoms with van der Waals surface area (Å²) in [6.45, 7) is 6.39. The Labute approximate surface area is 124 Å². The van der Waals surface area contributed by atoms with Crippen molar-refractivity contribution < 1.29 is 14.6 Å². The first-order valence-electron chi connectivity index (χ1n) is 6.80. The molecule has 0 atom stereocenters. The molecule has 1 N–H and O–H groups in total. The molecule has 0 saturated heterocycles. The van der Waals surface area contributed by atoms with Crippen LogP contribution in [0.4, 0.5) is 0 Å². The number of aliphatic carboxylic acids is 1. The summed E-state index contributed by atoms with van der Waals surface area (Å²) in [7, 11) is 0. The maximum Gasteiger partial charge on any atom is 0.307 e. The molecule has 0 fully saturated rings. The van der Waals surface area contributed by atoms with E-state index >= 15 is 0 Å². The van der Waals surface area contributed by atoms with E-state index in [2.05, 4.69) is 25.8 Å². The second kappa shape index (κ2) is 5.95. The largest absolute Gasteiger partial charge is 0.481 e. The van der Waals surface area contributed by atoms with Crippen molar-refractivity contribution in [3.8, 4) is 11.6 Å². The molecule has 1 aromatic carbocycles. The molecule has 110 valence electrons. The smallest absolute Gasteiger partial charge is 0.307 e. The molecular weight excluding hydrogens is 266 g/mol. The third-order valence-corrected chi connectivity index (χ3v) is 3.10. The number of carboxylic acids is 1. The highest BCUT2D eigenvalue weighted by Crippen LogP contribution is 2.25. The summed E-state index contributed by atoms with van der Waals surface area (Å²) in [5, 5.41) is 8.72. The van der Waals surface area contributed by atoms with E-state index in [4.69, 9.17) is 9.84 Å². The number of nitrogens with zero attached hydrogens (tertiary/aromatic N) is 1. The lowest BCUT2D eigenvalue weighted by molar-refractivity contribution is -0.136. The number of rotatable bonds is 4. The highest BCUT2D eigenvalue weighted by Gasteiger charge is 2.13. The van der Waals surface area contributed by atoms with E-state index in [1.165, 1.54) is 0 Å². The summed E-state index contributed by atoms with van der Waals surface area (Å²) in [6, 6.07) is 10.8. The Bertz CT molecular complexity index is 610. The lowest BCUT2D eigenvalue weighted by Gasteiger charge is -2.18. The molecule has 1 heterocycles. The van der Waals surface area contributed by atoms with E-state index in [0.29, 0.717) is 11.6 Å². The average molecular weight is 285 g/mol. The first-order chi connectivity index (χ1) is 9.84. The Morgan fingerprint density at radius 1 is 1.14 bits per heavy atom. The van der Waals surface area contributed by atoms with Gasteiger partial charge in [-0.1, -0.05) is 39.0 Å². The SMILES string of the molecule is CC(C)(C)c1ccc(Oc2ccc(CC(=O)O)cc2)nc1. The highest BCUT2D eigenvalue weighted by molar-refractivity contribution is 5.70. The van der Waals surface area contributed by atoms with Crippen molar-refractivity contribution >= 4 is 5.97 Å². The Hall–Kier alpha value is -2.36. The van der Waals surface area contributed by atoms with Crippen molar-refractivity contribution in [2.75, 3.05) is 0 Å². The van der Waals surface area contributed by atoms with Gasteiger partial charge in [0.05, 0.1) is 6.42 Å². The Balaban J connectivity index is 2.06. The molecule has 0 unspecified atom stereocenters. The Morgan fingerprint density at radius 2 is 1.81 bits per heavy atom. The highest BCUT2D eigenvalue weighted by atomic mass is 16.5. The van der Waals surface area contributed by atoms with Crippen LogP contribution in [0.15, 0.2) is 42.6 Å². The quantitative estimate of drug-likeness (QED) is 0.928. The van der Waals surface area contributed by atoms with Gasteiger partial charge in [0.1, 0.15) is 5.75 Å². The fourth-order valence-electron chi connectivity index (χ4n) is 1.86. The van der Waals surface area contributed by atoms with Crippen LogP contribution in [0.25, 0.3) is 0 Å². The average Bonchev–Trinajstić information content (AvgIpc) is 2.40. The van der Waals surface area contributed by atoms with Crippen LogP contribution in [0.1, 0.15) is 31.9 Å². The molecule has 2 aromatic rings. The van der Waals surface area contributed by atoms with E-state index in [1.54, 1.807) is 24.3 Å². The van der Waals surface area contributed by atoms with Crippen LogP contribution in [0, 0.1) is 0 Å². The van der Waals surface area contributed by atoms with E-state index in [-0.39, 0.29) is 11.8 Å². The zero-order valence-corrected chi connectivity index (χ0v) is 12.5. The van der Waals surface area contributed by atoms with Crippen LogP contribution in [-0.4, -0.2) is 16.1 Å². The van der Waals surface area contributed by atoms with Gasteiger partial charge in [0.2, 0.25) is 5.88 Å². The van der Waals surface area contributed by atoms with Gasteiger partial charge in [-0.3, -0.25) is 4.79 Å².